The van der Waals surface area contributed by atoms with Crippen LogP contribution in [0.4, 0.5) is 17.5 Å². The number of hydrogen-bond donors (Lipinski definition) is 2. The van der Waals surface area contributed by atoms with E-state index in [9.17, 15) is 0 Å². The van der Waals surface area contributed by atoms with E-state index in [0.717, 1.165) is 16.0 Å². The molecule has 116 valence electrons. The molecule has 0 spiro atoms. The molecule has 22 heavy (non-hydrogen) atoms. The van der Waals surface area contributed by atoms with Gasteiger partial charge in [0.15, 0.2) is 0 Å². The van der Waals surface area contributed by atoms with E-state index in [4.69, 9.17) is 0 Å². The van der Waals surface area contributed by atoms with Crippen LogP contribution in [0.2, 0.25) is 0 Å². The Balaban J connectivity index is 1.70. The summed E-state index contributed by atoms with van der Waals surface area (Å²) >= 11 is 3.49. The Kier molecular flexibility index (Phi) is 4.93. The van der Waals surface area contributed by atoms with Crippen LogP contribution in [0.25, 0.3) is 0 Å². The first-order valence-corrected chi connectivity index (χ1v) is 8.63. The molecule has 0 aliphatic heterocycles. The predicted octanol–water partition coefficient (Wildman–Crippen LogP) is 5.04. The number of nitrogens with one attached hydrogen (secondary N) is 2. The maximum absolute atomic E-state index is 4.58. The molecule has 0 saturated heterocycles. The van der Waals surface area contributed by atoms with Crippen LogP contribution >= 0.6 is 15.9 Å². The van der Waals surface area contributed by atoms with Crippen LogP contribution in [-0.4, -0.2) is 16.0 Å². The van der Waals surface area contributed by atoms with Crippen molar-refractivity contribution in [2.75, 3.05) is 10.6 Å². The second-order valence-corrected chi connectivity index (χ2v) is 6.74. The van der Waals surface area contributed by atoms with Gasteiger partial charge in [-0.3, -0.25) is 0 Å². The number of nitrogens with zero attached hydrogens (tertiary/aromatic N) is 2. The Hall–Kier alpha value is -1.62. The van der Waals surface area contributed by atoms with Gasteiger partial charge in [-0.2, -0.15) is 4.98 Å². The largest absolute Gasteiger partial charge is 0.351 e. The molecule has 1 aromatic carbocycles. The highest BCUT2D eigenvalue weighted by Gasteiger charge is 2.14. The lowest BCUT2D eigenvalue weighted by Gasteiger charge is -2.22. The monoisotopic (exact) mass is 360 g/mol. The minimum Gasteiger partial charge on any atom is -0.351 e. The lowest BCUT2D eigenvalue weighted by atomic mass is 9.96. The summed E-state index contributed by atoms with van der Waals surface area (Å²) in [6.07, 6.45) is 8.18. The van der Waals surface area contributed by atoms with Gasteiger partial charge in [-0.25, -0.2) is 4.98 Å². The van der Waals surface area contributed by atoms with Crippen molar-refractivity contribution in [3.05, 3.63) is 40.5 Å². The molecular formula is C17H21BrN4. The van der Waals surface area contributed by atoms with E-state index in [0.29, 0.717) is 12.0 Å². The summed E-state index contributed by atoms with van der Waals surface area (Å²) in [4.78, 5) is 8.92. The van der Waals surface area contributed by atoms with Gasteiger partial charge in [-0.05, 0) is 49.6 Å². The molecule has 2 aromatic rings. The summed E-state index contributed by atoms with van der Waals surface area (Å²) in [5, 5.41) is 6.83. The van der Waals surface area contributed by atoms with Crippen LogP contribution in [0.3, 0.4) is 0 Å². The fraction of sp³-hybridized carbons (Fsp3) is 0.412. The normalized spacial score (nSPS) is 15.5. The summed E-state index contributed by atoms with van der Waals surface area (Å²) in [6, 6.07) is 8.57. The van der Waals surface area contributed by atoms with Gasteiger partial charge in [0.1, 0.15) is 5.82 Å². The van der Waals surface area contributed by atoms with E-state index in [1.165, 1.54) is 37.7 Å². The minimum atomic E-state index is 0.512. The molecule has 0 radical (unpaired) electrons. The van der Waals surface area contributed by atoms with Crippen molar-refractivity contribution in [3.63, 3.8) is 0 Å². The third-order valence-corrected chi connectivity index (χ3v) is 4.54. The standard InChI is InChI=1S/C17H21BrN4/c1-12-11-13(18)7-8-15(12)21-16-9-10-19-17(22-16)20-14-5-3-2-4-6-14/h7-11,14H,2-6H2,1H3,(H2,19,20,21,22). The molecule has 0 amide bonds. The SMILES string of the molecule is Cc1cc(Br)ccc1Nc1ccnc(NC2CCCCC2)n1. The highest BCUT2D eigenvalue weighted by molar-refractivity contribution is 9.10. The van der Waals surface area contributed by atoms with Gasteiger partial charge in [0.05, 0.1) is 0 Å². The summed E-state index contributed by atoms with van der Waals surface area (Å²) in [5.41, 5.74) is 2.24. The Morgan fingerprint density at radius 3 is 2.73 bits per heavy atom. The molecule has 1 aliphatic carbocycles. The second-order valence-electron chi connectivity index (χ2n) is 5.83. The molecule has 1 fully saturated rings. The fourth-order valence-electron chi connectivity index (χ4n) is 2.83. The van der Waals surface area contributed by atoms with E-state index < -0.39 is 0 Å². The number of halogens is 1. The summed E-state index contributed by atoms with van der Waals surface area (Å²) in [7, 11) is 0. The van der Waals surface area contributed by atoms with Crippen molar-refractivity contribution >= 4 is 33.4 Å². The van der Waals surface area contributed by atoms with E-state index >= 15 is 0 Å². The van der Waals surface area contributed by atoms with Gasteiger partial charge >= 0.3 is 0 Å². The maximum Gasteiger partial charge on any atom is 0.224 e. The number of aryl methyl sites for hydroxylation is 1. The topological polar surface area (TPSA) is 49.8 Å². The van der Waals surface area contributed by atoms with Crippen LogP contribution < -0.4 is 10.6 Å². The number of anilines is 3. The molecular weight excluding hydrogens is 340 g/mol. The van der Waals surface area contributed by atoms with Gasteiger partial charge in [0.25, 0.3) is 0 Å². The molecule has 0 bridgehead atoms. The van der Waals surface area contributed by atoms with Gasteiger partial charge in [0.2, 0.25) is 5.95 Å². The summed E-state index contributed by atoms with van der Waals surface area (Å²) < 4.78 is 1.08. The van der Waals surface area contributed by atoms with Crippen molar-refractivity contribution in [2.45, 2.75) is 45.1 Å². The second kappa shape index (κ2) is 7.09. The van der Waals surface area contributed by atoms with Crippen molar-refractivity contribution in [3.8, 4) is 0 Å². The molecule has 3 rings (SSSR count). The fourth-order valence-corrected chi connectivity index (χ4v) is 3.31. The molecule has 1 aliphatic rings. The van der Waals surface area contributed by atoms with Crippen molar-refractivity contribution in [1.29, 1.82) is 0 Å². The molecule has 5 heteroatoms. The predicted molar refractivity (Wildman–Crippen MR) is 94.7 cm³/mol. The van der Waals surface area contributed by atoms with Gasteiger partial charge in [-0.1, -0.05) is 35.2 Å². The Bertz CT molecular complexity index is 638. The van der Waals surface area contributed by atoms with Crippen molar-refractivity contribution in [2.24, 2.45) is 0 Å². The number of rotatable bonds is 4. The lowest BCUT2D eigenvalue weighted by Crippen LogP contribution is -2.23. The van der Waals surface area contributed by atoms with Crippen LogP contribution in [0.5, 0.6) is 0 Å². The molecule has 2 N–H and O–H groups in total. The highest BCUT2D eigenvalue weighted by atomic mass is 79.9. The number of hydrogen-bond acceptors (Lipinski definition) is 4. The third-order valence-electron chi connectivity index (χ3n) is 4.05. The highest BCUT2D eigenvalue weighted by Crippen LogP contribution is 2.24. The number of benzene rings is 1. The zero-order chi connectivity index (χ0) is 15.4. The molecule has 0 atom stereocenters. The van der Waals surface area contributed by atoms with Crippen LogP contribution in [0.1, 0.15) is 37.7 Å². The summed E-state index contributed by atoms with van der Waals surface area (Å²) in [5.74, 6) is 1.53. The first-order valence-electron chi connectivity index (χ1n) is 7.83. The van der Waals surface area contributed by atoms with Gasteiger partial charge in [0, 0.05) is 22.4 Å². The first-order chi connectivity index (χ1) is 10.7. The van der Waals surface area contributed by atoms with E-state index in [1.54, 1.807) is 6.20 Å². The quantitative estimate of drug-likeness (QED) is 0.801. The van der Waals surface area contributed by atoms with Crippen LogP contribution in [0, 0.1) is 6.92 Å². The smallest absolute Gasteiger partial charge is 0.224 e. The zero-order valence-electron chi connectivity index (χ0n) is 12.8. The minimum absolute atomic E-state index is 0.512. The number of aromatic nitrogens is 2. The molecule has 1 saturated carbocycles. The van der Waals surface area contributed by atoms with Gasteiger partial charge in [-0.15, -0.1) is 0 Å². The van der Waals surface area contributed by atoms with E-state index in [-0.39, 0.29) is 0 Å². The molecule has 4 nitrogen and oxygen atoms in total. The van der Waals surface area contributed by atoms with E-state index in [2.05, 4.69) is 55.6 Å². The average molecular weight is 361 g/mol. The zero-order valence-corrected chi connectivity index (χ0v) is 14.4. The summed E-state index contributed by atoms with van der Waals surface area (Å²) in [6.45, 7) is 2.08. The van der Waals surface area contributed by atoms with Crippen LogP contribution in [-0.2, 0) is 0 Å². The maximum atomic E-state index is 4.58. The third kappa shape index (κ3) is 3.97. The Morgan fingerprint density at radius 2 is 1.95 bits per heavy atom. The first kappa shape index (κ1) is 15.3. The van der Waals surface area contributed by atoms with E-state index in [1.807, 2.05) is 12.1 Å². The Morgan fingerprint density at radius 1 is 1.14 bits per heavy atom. The molecule has 0 unspecified atom stereocenters. The lowest BCUT2D eigenvalue weighted by molar-refractivity contribution is 0.461. The molecule has 1 heterocycles. The van der Waals surface area contributed by atoms with Crippen molar-refractivity contribution < 1.29 is 0 Å². The van der Waals surface area contributed by atoms with Crippen molar-refractivity contribution in [1.82, 2.24) is 9.97 Å². The Labute approximate surface area is 139 Å². The average Bonchev–Trinajstić information content (AvgIpc) is 2.52. The van der Waals surface area contributed by atoms with Crippen LogP contribution in [0.15, 0.2) is 34.9 Å². The molecule has 1 aromatic heterocycles. The van der Waals surface area contributed by atoms with Gasteiger partial charge < -0.3 is 10.6 Å².